The van der Waals surface area contributed by atoms with Gasteiger partial charge < -0.3 is 9.40 Å². The van der Waals surface area contributed by atoms with Crippen molar-refractivity contribution in [3.63, 3.8) is 0 Å². The largest absolute Gasteiger partial charge is 0.469 e. The number of amides is 2. The Balaban J connectivity index is 1.48. The molecule has 4 aromatic rings. The minimum absolute atomic E-state index is 0.251. The van der Waals surface area contributed by atoms with Gasteiger partial charge in [-0.2, -0.15) is 0 Å². The molecule has 0 saturated heterocycles. The average Bonchev–Trinajstić information content (AvgIpc) is 3.44. The van der Waals surface area contributed by atoms with E-state index < -0.39 is 5.91 Å². The van der Waals surface area contributed by atoms with Gasteiger partial charge in [-0.1, -0.05) is 17.7 Å². The number of carbonyl (C=O) groups excluding carboxylic acids is 2. The summed E-state index contributed by atoms with van der Waals surface area (Å²) < 4.78 is 5.11. The highest BCUT2D eigenvalue weighted by molar-refractivity contribution is 7.13. The molecule has 0 bridgehead atoms. The molecule has 3 N–H and O–H groups in total. The summed E-state index contributed by atoms with van der Waals surface area (Å²) in [5, 5.41) is 3.16. The van der Waals surface area contributed by atoms with Crippen LogP contribution in [0.25, 0.3) is 21.5 Å². The van der Waals surface area contributed by atoms with Crippen molar-refractivity contribution >= 4 is 34.1 Å². The Kier molecular flexibility index (Phi) is 5.22. The fourth-order valence-electron chi connectivity index (χ4n) is 3.37. The maximum atomic E-state index is 12.3. The molecule has 0 aliphatic heterocycles. The Morgan fingerprint density at radius 1 is 1.14 bits per heavy atom. The van der Waals surface area contributed by atoms with Crippen LogP contribution in [-0.2, 0) is 11.2 Å². The number of aryl methyl sites for hydroxylation is 3. The summed E-state index contributed by atoms with van der Waals surface area (Å²) >= 11 is 1.66. The predicted molar refractivity (Wildman–Crippen MR) is 114 cm³/mol. The quantitative estimate of drug-likeness (QED) is 0.426. The number of aromatic nitrogens is 1. The van der Waals surface area contributed by atoms with Gasteiger partial charge in [-0.15, -0.1) is 11.3 Å². The zero-order valence-electron chi connectivity index (χ0n) is 16.2. The molecule has 3 aromatic heterocycles. The highest BCUT2D eigenvalue weighted by atomic mass is 32.1. The number of carbonyl (C=O) groups is 2. The van der Waals surface area contributed by atoms with E-state index in [1.165, 1.54) is 11.8 Å². The number of hydrogen-bond donors (Lipinski definition) is 3. The van der Waals surface area contributed by atoms with E-state index in [-0.39, 0.29) is 12.3 Å². The standard InChI is InChI=1S/C22H21N3O3S/c1-13-5-7-18-17(12-13)16(21(23-18)19-4-3-11-29-19)6-8-20(26)24-25-22(27)15-9-10-28-14(15)2/h3-5,7,9-12,23H,6,8H2,1-2H3,(H,24,26)(H,25,27). The van der Waals surface area contributed by atoms with Crippen molar-refractivity contribution in [2.24, 2.45) is 0 Å². The lowest BCUT2D eigenvalue weighted by Gasteiger charge is -2.08. The number of benzene rings is 1. The van der Waals surface area contributed by atoms with E-state index in [1.54, 1.807) is 24.3 Å². The number of hydrazine groups is 1. The molecule has 4 rings (SSSR count). The number of furan rings is 1. The Bertz CT molecular complexity index is 1170. The first kappa shape index (κ1) is 19.0. The smallest absolute Gasteiger partial charge is 0.273 e. The lowest BCUT2D eigenvalue weighted by Crippen LogP contribution is -2.41. The van der Waals surface area contributed by atoms with Gasteiger partial charge >= 0.3 is 0 Å². The van der Waals surface area contributed by atoms with E-state index in [0.29, 0.717) is 17.7 Å². The molecule has 6 nitrogen and oxygen atoms in total. The van der Waals surface area contributed by atoms with Crippen LogP contribution < -0.4 is 10.9 Å². The van der Waals surface area contributed by atoms with Crippen molar-refractivity contribution in [1.29, 1.82) is 0 Å². The first-order valence-corrected chi connectivity index (χ1v) is 10.2. The third-order valence-electron chi connectivity index (χ3n) is 4.85. The molecule has 0 aliphatic rings. The van der Waals surface area contributed by atoms with Gasteiger partial charge in [0.15, 0.2) is 0 Å². The topological polar surface area (TPSA) is 87.1 Å². The summed E-state index contributed by atoms with van der Waals surface area (Å²) in [6, 6.07) is 11.9. The number of hydrogen-bond acceptors (Lipinski definition) is 4. The van der Waals surface area contributed by atoms with Crippen molar-refractivity contribution in [3.05, 3.63) is 70.5 Å². The molecule has 3 heterocycles. The van der Waals surface area contributed by atoms with Gasteiger partial charge in [0.1, 0.15) is 5.76 Å². The summed E-state index contributed by atoms with van der Waals surface area (Å²) in [7, 11) is 0. The zero-order chi connectivity index (χ0) is 20.4. The van der Waals surface area contributed by atoms with E-state index in [0.717, 1.165) is 27.0 Å². The highest BCUT2D eigenvalue weighted by Gasteiger charge is 2.16. The number of fused-ring (bicyclic) bond motifs is 1. The molecule has 1 aromatic carbocycles. The molecule has 0 radical (unpaired) electrons. The monoisotopic (exact) mass is 407 g/mol. The molecule has 7 heteroatoms. The van der Waals surface area contributed by atoms with Crippen LogP contribution in [-0.4, -0.2) is 16.8 Å². The fraction of sp³-hybridized carbons (Fsp3) is 0.182. The number of thiophene rings is 1. The van der Waals surface area contributed by atoms with Gasteiger partial charge in [-0.05, 0) is 55.5 Å². The van der Waals surface area contributed by atoms with Crippen LogP contribution in [0.3, 0.4) is 0 Å². The Morgan fingerprint density at radius 3 is 2.72 bits per heavy atom. The van der Waals surface area contributed by atoms with Gasteiger partial charge in [0, 0.05) is 17.3 Å². The summed E-state index contributed by atoms with van der Waals surface area (Å²) in [5.41, 5.74) is 9.71. The van der Waals surface area contributed by atoms with Gasteiger partial charge in [0.05, 0.1) is 22.4 Å². The number of nitrogens with one attached hydrogen (secondary N) is 3. The van der Waals surface area contributed by atoms with Crippen LogP contribution in [0.15, 0.2) is 52.5 Å². The lowest BCUT2D eigenvalue weighted by molar-refractivity contribution is -0.121. The predicted octanol–water partition coefficient (Wildman–Crippen LogP) is 4.50. The van der Waals surface area contributed by atoms with E-state index in [2.05, 4.69) is 47.0 Å². The second-order valence-electron chi connectivity index (χ2n) is 6.90. The number of H-pyrrole nitrogens is 1. The summed E-state index contributed by atoms with van der Waals surface area (Å²) in [6.07, 6.45) is 2.25. The average molecular weight is 407 g/mol. The third kappa shape index (κ3) is 3.95. The number of rotatable bonds is 5. The Hall–Kier alpha value is -3.32. The first-order valence-electron chi connectivity index (χ1n) is 9.31. The molecule has 0 unspecified atom stereocenters. The van der Waals surface area contributed by atoms with Gasteiger partial charge in [-0.25, -0.2) is 0 Å². The molecule has 29 heavy (non-hydrogen) atoms. The van der Waals surface area contributed by atoms with Crippen LogP contribution >= 0.6 is 11.3 Å². The first-order chi connectivity index (χ1) is 14.0. The summed E-state index contributed by atoms with van der Waals surface area (Å²) in [6.45, 7) is 3.75. The molecule has 0 atom stereocenters. The van der Waals surface area contributed by atoms with Crippen LogP contribution in [0.2, 0.25) is 0 Å². The fourth-order valence-corrected chi connectivity index (χ4v) is 4.12. The Labute approximate surface area is 171 Å². The second kappa shape index (κ2) is 7.97. The summed E-state index contributed by atoms with van der Waals surface area (Å²) in [4.78, 5) is 29.1. The molecule has 2 amide bonds. The van der Waals surface area contributed by atoms with Gasteiger partial charge in [0.25, 0.3) is 5.91 Å². The molecular weight excluding hydrogens is 386 g/mol. The minimum atomic E-state index is -0.397. The molecular formula is C22H21N3O3S. The molecule has 0 aliphatic carbocycles. The molecule has 0 saturated carbocycles. The SMILES string of the molecule is Cc1ccc2[nH]c(-c3cccs3)c(CCC(=O)NNC(=O)c3ccoc3C)c2c1. The minimum Gasteiger partial charge on any atom is -0.469 e. The lowest BCUT2D eigenvalue weighted by atomic mass is 10.0. The van der Waals surface area contributed by atoms with E-state index in [4.69, 9.17) is 4.42 Å². The zero-order valence-corrected chi connectivity index (χ0v) is 17.0. The van der Waals surface area contributed by atoms with Crippen molar-refractivity contribution in [2.45, 2.75) is 26.7 Å². The van der Waals surface area contributed by atoms with Crippen molar-refractivity contribution in [1.82, 2.24) is 15.8 Å². The highest BCUT2D eigenvalue weighted by Crippen LogP contribution is 2.34. The maximum Gasteiger partial charge on any atom is 0.273 e. The van der Waals surface area contributed by atoms with Crippen molar-refractivity contribution < 1.29 is 14.0 Å². The van der Waals surface area contributed by atoms with E-state index in [9.17, 15) is 9.59 Å². The van der Waals surface area contributed by atoms with Crippen LogP contribution in [0, 0.1) is 13.8 Å². The second-order valence-corrected chi connectivity index (χ2v) is 7.85. The van der Waals surface area contributed by atoms with Crippen LogP contribution in [0.1, 0.15) is 33.7 Å². The maximum absolute atomic E-state index is 12.3. The molecule has 0 fully saturated rings. The molecule has 148 valence electrons. The molecule has 0 spiro atoms. The number of aromatic amines is 1. The van der Waals surface area contributed by atoms with E-state index in [1.807, 2.05) is 11.4 Å². The van der Waals surface area contributed by atoms with E-state index >= 15 is 0 Å². The van der Waals surface area contributed by atoms with Crippen molar-refractivity contribution in [2.75, 3.05) is 0 Å². The van der Waals surface area contributed by atoms with Crippen LogP contribution in [0.4, 0.5) is 0 Å². The normalized spacial score (nSPS) is 11.0. The Morgan fingerprint density at radius 2 is 2.00 bits per heavy atom. The van der Waals surface area contributed by atoms with Gasteiger partial charge in [-0.3, -0.25) is 20.4 Å². The third-order valence-corrected chi connectivity index (χ3v) is 5.74. The van der Waals surface area contributed by atoms with Crippen molar-refractivity contribution in [3.8, 4) is 10.6 Å². The van der Waals surface area contributed by atoms with Crippen LogP contribution in [0.5, 0.6) is 0 Å². The van der Waals surface area contributed by atoms with Gasteiger partial charge in [0.2, 0.25) is 5.91 Å². The summed E-state index contributed by atoms with van der Waals surface area (Å²) in [5.74, 6) is -0.142.